The van der Waals surface area contributed by atoms with Crippen molar-refractivity contribution in [1.29, 1.82) is 0 Å². The van der Waals surface area contributed by atoms with Crippen LogP contribution in [0.1, 0.15) is 36.8 Å². The summed E-state index contributed by atoms with van der Waals surface area (Å²) in [6.45, 7) is 4.83. The van der Waals surface area contributed by atoms with Gasteiger partial charge in [-0.05, 0) is 43.9 Å². The highest BCUT2D eigenvalue weighted by Crippen LogP contribution is 2.36. The second kappa shape index (κ2) is 8.21. The third kappa shape index (κ3) is 4.13. The summed E-state index contributed by atoms with van der Waals surface area (Å²) in [5.74, 6) is 0.429. The van der Waals surface area contributed by atoms with Gasteiger partial charge < -0.3 is 14.5 Å². The molecule has 2 aliphatic rings. The van der Waals surface area contributed by atoms with Crippen molar-refractivity contribution in [2.45, 2.75) is 45.2 Å². The van der Waals surface area contributed by atoms with Gasteiger partial charge in [-0.3, -0.25) is 4.79 Å². The molecule has 2 heterocycles. The van der Waals surface area contributed by atoms with Gasteiger partial charge in [-0.2, -0.15) is 0 Å². The molecular formula is C23H27FN2O2. The number of nitrogens with zero attached hydrogens (tertiary/aromatic N) is 2. The fourth-order valence-corrected chi connectivity index (χ4v) is 4.06. The number of benzene rings is 2. The molecule has 0 saturated carbocycles. The molecular weight excluding hydrogens is 355 g/mol. The number of ether oxygens (including phenoxy) is 1. The van der Waals surface area contributed by atoms with Gasteiger partial charge in [0, 0.05) is 25.7 Å². The minimum Gasteiger partial charge on any atom is -0.489 e. The first-order valence-corrected chi connectivity index (χ1v) is 10.1. The number of carbonyl (C=O) groups is 1. The number of amides is 1. The summed E-state index contributed by atoms with van der Waals surface area (Å²) in [5, 5.41) is 0. The van der Waals surface area contributed by atoms with Crippen molar-refractivity contribution < 1.29 is 13.9 Å². The van der Waals surface area contributed by atoms with Crippen molar-refractivity contribution in [1.82, 2.24) is 4.90 Å². The molecule has 2 aromatic carbocycles. The summed E-state index contributed by atoms with van der Waals surface area (Å²) < 4.78 is 19.5. The molecule has 0 aromatic heterocycles. The summed E-state index contributed by atoms with van der Waals surface area (Å²) in [6, 6.07) is 13.0. The Bertz CT molecular complexity index is 831. The number of rotatable bonds is 4. The standard InChI is InChI=1S/C23H27FN2O2/c1-17-5-7-18(8-6-17)15-26-20(14-23(27)25-11-3-2-4-12-25)16-28-22-13-19(24)9-10-21(22)26/h5-10,13,20H,2-4,11-12,14-16H2,1H3/t20-/m1/s1. The van der Waals surface area contributed by atoms with Crippen molar-refractivity contribution in [2.75, 3.05) is 24.6 Å². The summed E-state index contributed by atoms with van der Waals surface area (Å²) >= 11 is 0. The summed E-state index contributed by atoms with van der Waals surface area (Å²) in [6.07, 6.45) is 3.79. The predicted molar refractivity (Wildman–Crippen MR) is 108 cm³/mol. The van der Waals surface area contributed by atoms with E-state index < -0.39 is 0 Å². The van der Waals surface area contributed by atoms with Crippen LogP contribution in [0.5, 0.6) is 5.75 Å². The fraction of sp³-hybridized carbons (Fsp3) is 0.435. The van der Waals surface area contributed by atoms with Crippen LogP contribution in [0, 0.1) is 12.7 Å². The molecule has 0 spiro atoms. The highest BCUT2D eigenvalue weighted by Gasteiger charge is 2.31. The number of halogens is 1. The van der Waals surface area contributed by atoms with Crippen molar-refractivity contribution in [3.63, 3.8) is 0 Å². The van der Waals surface area contributed by atoms with Crippen LogP contribution in [-0.4, -0.2) is 36.5 Å². The first kappa shape index (κ1) is 18.8. The Hall–Kier alpha value is -2.56. The minimum absolute atomic E-state index is 0.0614. The maximum absolute atomic E-state index is 13.7. The zero-order chi connectivity index (χ0) is 19.5. The SMILES string of the molecule is Cc1ccc(CN2c3ccc(F)cc3OC[C@H]2CC(=O)N2CCCCC2)cc1. The van der Waals surface area contributed by atoms with Crippen LogP contribution in [0.4, 0.5) is 10.1 Å². The van der Waals surface area contributed by atoms with Gasteiger partial charge in [0.25, 0.3) is 0 Å². The second-order valence-electron chi connectivity index (χ2n) is 7.84. The summed E-state index contributed by atoms with van der Waals surface area (Å²) in [7, 11) is 0. The summed E-state index contributed by atoms with van der Waals surface area (Å²) in [5.41, 5.74) is 3.23. The van der Waals surface area contributed by atoms with E-state index in [0.29, 0.717) is 25.3 Å². The molecule has 0 unspecified atom stereocenters. The zero-order valence-electron chi connectivity index (χ0n) is 16.4. The summed E-state index contributed by atoms with van der Waals surface area (Å²) in [4.78, 5) is 17.0. The van der Waals surface area contributed by atoms with Crippen LogP contribution in [0.3, 0.4) is 0 Å². The first-order chi connectivity index (χ1) is 13.6. The molecule has 1 saturated heterocycles. The van der Waals surface area contributed by atoms with Gasteiger partial charge in [-0.15, -0.1) is 0 Å². The van der Waals surface area contributed by atoms with Crippen LogP contribution >= 0.6 is 0 Å². The number of hydrogen-bond donors (Lipinski definition) is 0. The van der Waals surface area contributed by atoms with Gasteiger partial charge in [-0.25, -0.2) is 4.39 Å². The second-order valence-corrected chi connectivity index (χ2v) is 7.84. The molecule has 1 atom stereocenters. The van der Waals surface area contributed by atoms with Crippen molar-refractivity contribution >= 4 is 11.6 Å². The number of hydrogen-bond acceptors (Lipinski definition) is 3. The van der Waals surface area contributed by atoms with Gasteiger partial charge >= 0.3 is 0 Å². The molecule has 0 aliphatic carbocycles. The number of aryl methyl sites for hydroxylation is 1. The molecule has 2 aliphatic heterocycles. The highest BCUT2D eigenvalue weighted by molar-refractivity contribution is 5.78. The average molecular weight is 382 g/mol. The van der Waals surface area contributed by atoms with E-state index >= 15 is 0 Å². The van der Waals surface area contributed by atoms with Gasteiger partial charge in [0.2, 0.25) is 5.91 Å². The molecule has 28 heavy (non-hydrogen) atoms. The molecule has 148 valence electrons. The zero-order valence-corrected chi connectivity index (χ0v) is 16.4. The van der Waals surface area contributed by atoms with E-state index in [-0.39, 0.29) is 17.8 Å². The Balaban J connectivity index is 1.57. The van der Waals surface area contributed by atoms with E-state index in [4.69, 9.17) is 4.74 Å². The number of likely N-dealkylation sites (tertiary alicyclic amines) is 1. The lowest BCUT2D eigenvalue weighted by atomic mass is 10.0. The molecule has 4 nitrogen and oxygen atoms in total. The lowest BCUT2D eigenvalue weighted by Crippen LogP contribution is -2.47. The molecule has 1 fully saturated rings. The molecule has 0 N–H and O–H groups in total. The van der Waals surface area contributed by atoms with Gasteiger partial charge in [0.05, 0.1) is 18.2 Å². The Morgan fingerprint density at radius 2 is 1.86 bits per heavy atom. The number of anilines is 1. The number of carbonyl (C=O) groups excluding carboxylic acids is 1. The topological polar surface area (TPSA) is 32.8 Å². The monoisotopic (exact) mass is 382 g/mol. The molecule has 0 bridgehead atoms. The van der Waals surface area contributed by atoms with E-state index in [2.05, 4.69) is 36.1 Å². The Morgan fingerprint density at radius 3 is 2.61 bits per heavy atom. The number of piperidine rings is 1. The maximum Gasteiger partial charge on any atom is 0.224 e. The van der Waals surface area contributed by atoms with Gasteiger partial charge in [-0.1, -0.05) is 29.8 Å². The predicted octanol–water partition coefficient (Wildman–Crippen LogP) is 4.30. The largest absolute Gasteiger partial charge is 0.489 e. The van der Waals surface area contributed by atoms with Gasteiger partial charge in [0.15, 0.2) is 0 Å². The normalized spacial score (nSPS) is 19.1. The van der Waals surface area contributed by atoms with Crippen LogP contribution in [0.15, 0.2) is 42.5 Å². The van der Waals surface area contributed by atoms with E-state index in [0.717, 1.165) is 37.2 Å². The Labute approximate surface area is 165 Å². The lowest BCUT2D eigenvalue weighted by Gasteiger charge is -2.39. The fourth-order valence-electron chi connectivity index (χ4n) is 4.06. The molecule has 1 amide bonds. The minimum atomic E-state index is -0.308. The number of fused-ring (bicyclic) bond motifs is 1. The Morgan fingerprint density at radius 1 is 1.11 bits per heavy atom. The van der Waals surface area contributed by atoms with E-state index in [9.17, 15) is 9.18 Å². The quantitative estimate of drug-likeness (QED) is 0.790. The molecule has 4 rings (SSSR count). The maximum atomic E-state index is 13.7. The van der Waals surface area contributed by atoms with Crippen LogP contribution in [0.25, 0.3) is 0 Å². The molecule has 5 heteroatoms. The van der Waals surface area contributed by atoms with E-state index in [1.54, 1.807) is 6.07 Å². The van der Waals surface area contributed by atoms with Crippen LogP contribution in [0.2, 0.25) is 0 Å². The first-order valence-electron chi connectivity index (χ1n) is 10.1. The molecule has 2 aromatic rings. The van der Waals surface area contributed by atoms with E-state index in [1.807, 2.05) is 4.90 Å². The van der Waals surface area contributed by atoms with Crippen molar-refractivity contribution in [3.8, 4) is 5.75 Å². The lowest BCUT2D eigenvalue weighted by molar-refractivity contribution is -0.132. The smallest absolute Gasteiger partial charge is 0.224 e. The van der Waals surface area contributed by atoms with Gasteiger partial charge in [0.1, 0.15) is 18.2 Å². The van der Waals surface area contributed by atoms with Crippen molar-refractivity contribution in [2.24, 2.45) is 0 Å². The van der Waals surface area contributed by atoms with Crippen LogP contribution < -0.4 is 9.64 Å². The third-order valence-corrected chi connectivity index (χ3v) is 5.70. The third-order valence-electron chi connectivity index (χ3n) is 5.70. The molecule has 0 radical (unpaired) electrons. The Kier molecular flexibility index (Phi) is 5.51. The average Bonchev–Trinajstić information content (AvgIpc) is 2.71. The van der Waals surface area contributed by atoms with E-state index in [1.165, 1.54) is 24.1 Å². The van der Waals surface area contributed by atoms with Crippen LogP contribution in [-0.2, 0) is 11.3 Å². The van der Waals surface area contributed by atoms with Crippen molar-refractivity contribution in [3.05, 3.63) is 59.4 Å². The highest BCUT2D eigenvalue weighted by atomic mass is 19.1.